The first-order chi connectivity index (χ1) is 13.3. The van der Waals surface area contributed by atoms with Gasteiger partial charge in [-0.25, -0.2) is 4.79 Å². The molecular formula is C19H25N3O5S. The van der Waals surface area contributed by atoms with Gasteiger partial charge >= 0.3 is 5.97 Å². The highest BCUT2D eigenvalue weighted by Gasteiger charge is 2.53. The third-order valence-corrected chi connectivity index (χ3v) is 5.85. The zero-order valence-electron chi connectivity index (χ0n) is 16.0. The van der Waals surface area contributed by atoms with E-state index in [1.54, 1.807) is 25.2 Å². The molecule has 1 aliphatic carbocycles. The minimum Gasteiger partial charge on any atom is -0.508 e. The topological polar surface area (TPSA) is 133 Å². The van der Waals surface area contributed by atoms with Gasteiger partial charge in [-0.15, -0.1) is 11.8 Å². The van der Waals surface area contributed by atoms with Crippen molar-refractivity contribution in [2.45, 2.75) is 44.6 Å². The Morgan fingerprint density at radius 2 is 2.00 bits per heavy atom. The van der Waals surface area contributed by atoms with Gasteiger partial charge in [-0.05, 0) is 36.6 Å². The molecule has 1 saturated heterocycles. The van der Waals surface area contributed by atoms with Crippen molar-refractivity contribution in [1.29, 1.82) is 0 Å². The molecule has 2 aliphatic heterocycles. The first-order valence-electron chi connectivity index (χ1n) is 9.02. The van der Waals surface area contributed by atoms with Gasteiger partial charge in [0.25, 0.3) is 5.91 Å². The molecule has 0 aromatic rings. The average Bonchev–Trinajstić information content (AvgIpc) is 2.90. The fraction of sp³-hybridized carbons (Fsp3) is 0.421. The van der Waals surface area contributed by atoms with E-state index in [9.17, 15) is 24.6 Å². The van der Waals surface area contributed by atoms with Gasteiger partial charge in [-0.3, -0.25) is 14.5 Å². The van der Waals surface area contributed by atoms with E-state index in [0.29, 0.717) is 23.3 Å². The van der Waals surface area contributed by atoms with E-state index in [0.717, 1.165) is 0 Å². The summed E-state index contributed by atoms with van der Waals surface area (Å²) in [7, 11) is 0. The number of carboxylic acid groups (broad SMARTS) is 1. The van der Waals surface area contributed by atoms with Crippen LogP contribution in [0, 0.1) is 0 Å². The van der Waals surface area contributed by atoms with Crippen LogP contribution in [0.15, 0.2) is 46.9 Å². The summed E-state index contributed by atoms with van der Waals surface area (Å²) in [4.78, 5) is 37.4. The van der Waals surface area contributed by atoms with Crippen molar-refractivity contribution in [3.63, 3.8) is 0 Å². The molecule has 0 aromatic heterocycles. The Morgan fingerprint density at radius 3 is 2.64 bits per heavy atom. The number of nitrogens with one attached hydrogen (secondary N) is 1. The minimum atomic E-state index is -1.15. The second-order valence-electron chi connectivity index (χ2n) is 6.21. The van der Waals surface area contributed by atoms with Crippen LogP contribution in [0.4, 0.5) is 0 Å². The number of nitrogens with zero attached hydrogens (tertiary/aromatic N) is 1. The SMILES string of the molecule is CC.CC1=C(C(=O)O)N2C(=O)C(NC(=O)C(N)C3=CCC=C(O)C=C3)C2SC1. The lowest BCUT2D eigenvalue weighted by Gasteiger charge is -2.49. The second kappa shape index (κ2) is 9.11. The smallest absolute Gasteiger partial charge is 0.352 e. The van der Waals surface area contributed by atoms with Crippen molar-refractivity contribution >= 4 is 29.5 Å². The van der Waals surface area contributed by atoms with Crippen LogP contribution in [0.1, 0.15) is 27.2 Å². The van der Waals surface area contributed by atoms with Gasteiger partial charge in [-0.1, -0.05) is 26.0 Å². The molecule has 0 radical (unpaired) electrons. The van der Waals surface area contributed by atoms with E-state index in [1.165, 1.54) is 22.7 Å². The summed E-state index contributed by atoms with van der Waals surface area (Å²) in [6.45, 7) is 5.68. The molecule has 2 heterocycles. The number of allylic oxidation sites excluding steroid dienone is 3. The fourth-order valence-corrected chi connectivity index (χ4v) is 4.33. The lowest BCUT2D eigenvalue weighted by Crippen LogP contribution is -2.71. The number of thioether (sulfide) groups is 1. The molecule has 1 fully saturated rings. The third-order valence-electron chi connectivity index (χ3n) is 4.43. The molecule has 0 spiro atoms. The van der Waals surface area contributed by atoms with Crippen molar-refractivity contribution in [1.82, 2.24) is 10.2 Å². The molecule has 28 heavy (non-hydrogen) atoms. The first-order valence-corrected chi connectivity index (χ1v) is 10.1. The number of hydrogen-bond acceptors (Lipinski definition) is 6. The molecule has 8 nitrogen and oxygen atoms in total. The molecule has 0 aromatic carbocycles. The quantitative estimate of drug-likeness (QED) is 0.518. The Morgan fingerprint density at radius 1 is 1.32 bits per heavy atom. The highest BCUT2D eigenvalue weighted by Crippen LogP contribution is 2.40. The van der Waals surface area contributed by atoms with E-state index in [2.05, 4.69) is 5.32 Å². The number of aliphatic hydroxyl groups is 1. The molecule has 0 bridgehead atoms. The molecule has 3 rings (SSSR count). The van der Waals surface area contributed by atoms with Crippen molar-refractivity contribution in [2.24, 2.45) is 5.73 Å². The predicted molar refractivity (Wildman–Crippen MR) is 107 cm³/mol. The molecule has 0 saturated carbocycles. The summed E-state index contributed by atoms with van der Waals surface area (Å²) < 4.78 is 0. The van der Waals surface area contributed by atoms with E-state index in [-0.39, 0.29) is 11.5 Å². The van der Waals surface area contributed by atoms with Crippen molar-refractivity contribution in [2.75, 3.05) is 5.75 Å². The van der Waals surface area contributed by atoms with Gasteiger partial charge < -0.3 is 21.3 Å². The Balaban J connectivity index is 0.00000136. The number of carboxylic acids is 1. The zero-order chi connectivity index (χ0) is 21.0. The zero-order valence-corrected chi connectivity index (χ0v) is 16.8. The Labute approximate surface area is 167 Å². The normalized spacial score (nSPS) is 24.6. The maximum Gasteiger partial charge on any atom is 0.352 e. The maximum absolute atomic E-state index is 12.4. The molecule has 3 unspecified atom stereocenters. The molecule has 9 heteroatoms. The van der Waals surface area contributed by atoms with Gasteiger partial charge in [0.15, 0.2) is 0 Å². The Bertz CT molecular complexity index is 799. The summed E-state index contributed by atoms with van der Waals surface area (Å²) in [6.07, 6.45) is 6.76. The minimum absolute atomic E-state index is 0.00972. The number of carbonyl (C=O) groups excluding carboxylic acids is 2. The molecule has 2 amide bonds. The Kier molecular flexibility index (Phi) is 7.09. The Hall–Kier alpha value is -2.52. The van der Waals surface area contributed by atoms with Gasteiger partial charge in [0.1, 0.15) is 28.9 Å². The molecule has 3 aliphatic rings. The molecular weight excluding hydrogens is 382 g/mol. The van der Waals surface area contributed by atoms with E-state index in [1.807, 2.05) is 13.8 Å². The van der Waals surface area contributed by atoms with Gasteiger partial charge in [-0.2, -0.15) is 0 Å². The number of fused-ring (bicyclic) bond motifs is 1. The number of hydrogen-bond donors (Lipinski definition) is 4. The summed E-state index contributed by atoms with van der Waals surface area (Å²) >= 11 is 1.41. The highest BCUT2D eigenvalue weighted by molar-refractivity contribution is 8.00. The number of β-lactam (4-membered cyclic amide) rings is 1. The highest BCUT2D eigenvalue weighted by atomic mass is 32.2. The second-order valence-corrected chi connectivity index (χ2v) is 7.31. The fourth-order valence-electron chi connectivity index (χ4n) is 3.03. The summed E-state index contributed by atoms with van der Waals surface area (Å²) in [5.74, 6) is -1.56. The molecule has 5 N–H and O–H groups in total. The van der Waals surface area contributed by atoms with Crippen LogP contribution in [0.25, 0.3) is 0 Å². The van der Waals surface area contributed by atoms with Gasteiger partial charge in [0.2, 0.25) is 5.91 Å². The van der Waals surface area contributed by atoms with Crippen LogP contribution in [-0.2, 0) is 14.4 Å². The average molecular weight is 407 g/mol. The summed E-state index contributed by atoms with van der Waals surface area (Å²) in [5.41, 5.74) is 7.12. The van der Waals surface area contributed by atoms with Gasteiger partial charge in [0, 0.05) is 5.75 Å². The van der Waals surface area contributed by atoms with Crippen LogP contribution < -0.4 is 11.1 Å². The van der Waals surface area contributed by atoms with Crippen LogP contribution in [0.3, 0.4) is 0 Å². The van der Waals surface area contributed by atoms with Crippen LogP contribution in [0.5, 0.6) is 0 Å². The van der Waals surface area contributed by atoms with Crippen molar-refractivity contribution in [3.8, 4) is 0 Å². The lowest BCUT2D eigenvalue weighted by atomic mass is 10.0. The van der Waals surface area contributed by atoms with Crippen molar-refractivity contribution in [3.05, 3.63) is 46.9 Å². The largest absolute Gasteiger partial charge is 0.508 e. The van der Waals surface area contributed by atoms with E-state index < -0.39 is 35.2 Å². The number of aliphatic carboxylic acids is 1. The van der Waals surface area contributed by atoms with E-state index >= 15 is 0 Å². The number of amides is 2. The molecule has 152 valence electrons. The predicted octanol–water partition coefficient (Wildman–Crippen LogP) is 1.43. The monoisotopic (exact) mass is 407 g/mol. The maximum atomic E-state index is 12.4. The third kappa shape index (κ3) is 4.15. The van der Waals surface area contributed by atoms with Gasteiger partial charge in [0.05, 0.1) is 0 Å². The van der Waals surface area contributed by atoms with E-state index in [4.69, 9.17) is 5.73 Å². The number of nitrogens with two attached hydrogens (primary N) is 1. The summed E-state index contributed by atoms with van der Waals surface area (Å²) in [6, 6.07) is -1.79. The van der Waals surface area contributed by atoms with Crippen LogP contribution >= 0.6 is 11.8 Å². The summed E-state index contributed by atoms with van der Waals surface area (Å²) in [5, 5.41) is 21.0. The van der Waals surface area contributed by atoms with Crippen molar-refractivity contribution < 1.29 is 24.6 Å². The number of carbonyl (C=O) groups is 3. The molecule has 3 atom stereocenters. The first kappa shape index (κ1) is 21.8. The number of rotatable bonds is 4. The van der Waals surface area contributed by atoms with Crippen LogP contribution in [-0.4, -0.2) is 56.1 Å². The van der Waals surface area contributed by atoms with Crippen LogP contribution in [0.2, 0.25) is 0 Å². The lowest BCUT2D eigenvalue weighted by molar-refractivity contribution is -0.150. The number of aliphatic hydroxyl groups excluding tert-OH is 1. The standard InChI is InChI=1S/C17H19N3O5S.C2H6/c1-8-7-26-16-12(15(23)20(16)13(8)17(24)25)19-14(22)11(18)9-3-2-4-10(21)6-5-9;1-2/h3-6,11-12,16,21H,2,7,18H2,1H3,(H,19,22)(H,24,25);1-2H3.